The van der Waals surface area contributed by atoms with Crippen molar-refractivity contribution in [2.45, 2.75) is 25.2 Å². The number of hydrogen-bond donors (Lipinski definition) is 2. The highest BCUT2D eigenvalue weighted by atomic mass is 35.5. The molecule has 0 amide bonds. The van der Waals surface area contributed by atoms with E-state index in [1.807, 2.05) is 18.2 Å². The van der Waals surface area contributed by atoms with Crippen molar-refractivity contribution < 1.29 is 10.2 Å². The molecule has 0 saturated heterocycles. The second-order valence-electron chi connectivity index (χ2n) is 5.01. The van der Waals surface area contributed by atoms with E-state index in [1.165, 1.54) is 9.75 Å². The molecule has 2 aromatic rings. The van der Waals surface area contributed by atoms with Gasteiger partial charge in [-0.1, -0.05) is 30.7 Å². The van der Waals surface area contributed by atoms with Crippen LogP contribution >= 0.6 is 22.9 Å². The summed E-state index contributed by atoms with van der Waals surface area (Å²) in [7, 11) is 0. The molecule has 0 spiro atoms. The molecule has 0 saturated carbocycles. The van der Waals surface area contributed by atoms with E-state index >= 15 is 0 Å². The number of hydrogen-bond acceptors (Lipinski definition) is 3. The first kappa shape index (κ1) is 15.5. The highest BCUT2D eigenvalue weighted by Crippen LogP contribution is 2.32. The molecule has 1 heterocycles. The molecule has 1 aromatic carbocycles. The minimum absolute atomic E-state index is 0.108. The van der Waals surface area contributed by atoms with Crippen LogP contribution in [-0.4, -0.2) is 23.4 Å². The molecule has 20 heavy (non-hydrogen) atoms. The van der Waals surface area contributed by atoms with Gasteiger partial charge in [0.1, 0.15) is 0 Å². The molecule has 108 valence electrons. The Bertz CT molecular complexity index is 561. The summed E-state index contributed by atoms with van der Waals surface area (Å²) in [6.45, 7) is 1.91. The van der Waals surface area contributed by atoms with Crippen molar-refractivity contribution in [2.75, 3.05) is 13.2 Å². The van der Waals surface area contributed by atoms with E-state index in [9.17, 15) is 10.2 Å². The number of rotatable bonds is 6. The number of aryl methyl sites for hydroxylation is 1. The predicted molar refractivity (Wildman–Crippen MR) is 84.7 cm³/mol. The number of halogens is 1. The summed E-state index contributed by atoms with van der Waals surface area (Å²) in [6, 6.07) is 11.6. The van der Waals surface area contributed by atoms with Crippen LogP contribution in [0.25, 0.3) is 0 Å². The van der Waals surface area contributed by atoms with Gasteiger partial charge in [0.15, 0.2) is 0 Å². The van der Waals surface area contributed by atoms with Gasteiger partial charge in [-0.25, -0.2) is 0 Å². The molecule has 0 bridgehead atoms. The summed E-state index contributed by atoms with van der Waals surface area (Å²) < 4.78 is 0. The Morgan fingerprint density at radius 1 is 1.10 bits per heavy atom. The summed E-state index contributed by atoms with van der Waals surface area (Å²) in [6.07, 6.45) is 1.62. The number of aliphatic hydroxyl groups excluding tert-OH is 2. The van der Waals surface area contributed by atoms with E-state index in [4.69, 9.17) is 11.6 Å². The lowest BCUT2D eigenvalue weighted by Crippen LogP contribution is -2.37. The molecule has 2 N–H and O–H groups in total. The maximum absolute atomic E-state index is 9.85. The van der Waals surface area contributed by atoms with Crippen LogP contribution in [0.2, 0.25) is 5.02 Å². The highest BCUT2D eigenvalue weighted by molar-refractivity contribution is 7.12. The molecule has 0 radical (unpaired) electrons. The third kappa shape index (κ3) is 3.23. The molecule has 0 unspecified atom stereocenters. The van der Waals surface area contributed by atoms with Gasteiger partial charge in [-0.15, -0.1) is 11.3 Å². The van der Waals surface area contributed by atoms with Gasteiger partial charge in [0.05, 0.1) is 13.2 Å². The van der Waals surface area contributed by atoms with Gasteiger partial charge in [0.25, 0.3) is 0 Å². The molecule has 2 nitrogen and oxygen atoms in total. The fraction of sp³-hybridized carbons (Fsp3) is 0.375. The first-order valence-corrected chi connectivity index (χ1v) is 7.88. The second-order valence-corrected chi connectivity index (χ2v) is 6.69. The number of aliphatic hydroxyl groups is 2. The maximum atomic E-state index is 9.85. The topological polar surface area (TPSA) is 40.5 Å². The van der Waals surface area contributed by atoms with Crippen LogP contribution in [0, 0.1) is 0 Å². The van der Waals surface area contributed by atoms with Crippen LogP contribution < -0.4 is 0 Å². The van der Waals surface area contributed by atoms with E-state index in [-0.39, 0.29) is 13.2 Å². The second kappa shape index (κ2) is 6.72. The van der Waals surface area contributed by atoms with Crippen LogP contribution in [-0.2, 0) is 18.3 Å². The van der Waals surface area contributed by atoms with Crippen molar-refractivity contribution in [1.82, 2.24) is 0 Å². The lowest BCUT2D eigenvalue weighted by Gasteiger charge is -2.30. The molecular weight excluding hydrogens is 292 g/mol. The number of benzene rings is 1. The van der Waals surface area contributed by atoms with Crippen molar-refractivity contribution in [2.24, 2.45) is 0 Å². The van der Waals surface area contributed by atoms with Gasteiger partial charge >= 0.3 is 0 Å². The van der Waals surface area contributed by atoms with Crippen molar-refractivity contribution in [1.29, 1.82) is 0 Å². The van der Waals surface area contributed by atoms with Gasteiger partial charge in [0.2, 0.25) is 0 Å². The van der Waals surface area contributed by atoms with E-state index < -0.39 is 5.41 Å². The van der Waals surface area contributed by atoms with Gasteiger partial charge in [-0.3, -0.25) is 0 Å². The van der Waals surface area contributed by atoms with E-state index in [2.05, 4.69) is 19.1 Å². The Balaban J connectivity index is 2.33. The monoisotopic (exact) mass is 310 g/mol. The molecule has 0 atom stereocenters. The summed E-state index contributed by atoms with van der Waals surface area (Å²) >= 11 is 7.77. The Hall–Kier alpha value is -0.870. The Labute approximate surface area is 128 Å². The van der Waals surface area contributed by atoms with Crippen LogP contribution in [0.15, 0.2) is 36.4 Å². The largest absolute Gasteiger partial charge is 0.395 e. The summed E-state index contributed by atoms with van der Waals surface area (Å²) in [5.41, 5.74) is 0.197. The highest BCUT2D eigenvalue weighted by Gasteiger charge is 2.32. The summed E-state index contributed by atoms with van der Waals surface area (Å²) in [4.78, 5) is 2.49. The average molecular weight is 311 g/mol. The molecule has 0 aliphatic carbocycles. The first-order valence-electron chi connectivity index (χ1n) is 6.69. The first-order chi connectivity index (χ1) is 9.63. The minimum Gasteiger partial charge on any atom is -0.395 e. The van der Waals surface area contributed by atoms with Crippen LogP contribution in [0.3, 0.4) is 0 Å². The smallest absolute Gasteiger partial charge is 0.0553 e. The Morgan fingerprint density at radius 2 is 1.80 bits per heavy atom. The van der Waals surface area contributed by atoms with Crippen molar-refractivity contribution in [3.05, 3.63) is 56.7 Å². The molecule has 1 aromatic heterocycles. The van der Waals surface area contributed by atoms with Crippen LogP contribution in [0.4, 0.5) is 0 Å². The number of thiophene rings is 1. The standard InChI is InChI=1S/C16H19ClO2S/c1-2-14-6-7-15(20-14)9-16(10-18,11-19)12-4-3-5-13(17)8-12/h3-8,18-19H,2,9-11H2,1H3. The van der Waals surface area contributed by atoms with Crippen molar-refractivity contribution >= 4 is 22.9 Å². The van der Waals surface area contributed by atoms with Crippen molar-refractivity contribution in [3.63, 3.8) is 0 Å². The van der Waals surface area contributed by atoms with Gasteiger partial charge in [0, 0.05) is 20.2 Å². The fourth-order valence-electron chi connectivity index (χ4n) is 2.31. The summed E-state index contributed by atoms with van der Waals surface area (Å²) in [5, 5.41) is 20.3. The van der Waals surface area contributed by atoms with Crippen molar-refractivity contribution in [3.8, 4) is 0 Å². The Morgan fingerprint density at radius 3 is 2.35 bits per heavy atom. The molecule has 0 aliphatic heterocycles. The third-order valence-electron chi connectivity index (χ3n) is 3.62. The van der Waals surface area contributed by atoms with Crippen LogP contribution in [0.1, 0.15) is 22.2 Å². The van der Waals surface area contributed by atoms with E-state index in [0.717, 1.165) is 12.0 Å². The predicted octanol–water partition coefficient (Wildman–Crippen LogP) is 3.43. The molecule has 4 heteroatoms. The van der Waals surface area contributed by atoms with Gasteiger partial charge in [-0.05, 0) is 42.7 Å². The van der Waals surface area contributed by atoms with E-state index in [0.29, 0.717) is 11.4 Å². The zero-order chi connectivity index (χ0) is 14.6. The SMILES string of the molecule is CCc1ccc(CC(CO)(CO)c2cccc(Cl)c2)s1. The average Bonchev–Trinajstić information content (AvgIpc) is 2.92. The molecular formula is C16H19ClO2S. The maximum Gasteiger partial charge on any atom is 0.0553 e. The van der Waals surface area contributed by atoms with Gasteiger partial charge < -0.3 is 10.2 Å². The Kier molecular flexibility index (Phi) is 5.22. The zero-order valence-corrected chi connectivity index (χ0v) is 13.0. The minimum atomic E-state index is -0.680. The fourth-order valence-corrected chi connectivity index (χ4v) is 3.60. The summed E-state index contributed by atoms with van der Waals surface area (Å²) in [5.74, 6) is 0. The lowest BCUT2D eigenvalue weighted by atomic mass is 9.78. The lowest BCUT2D eigenvalue weighted by molar-refractivity contribution is 0.117. The molecule has 0 fully saturated rings. The molecule has 2 rings (SSSR count). The quantitative estimate of drug-likeness (QED) is 0.858. The van der Waals surface area contributed by atoms with Crippen LogP contribution in [0.5, 0.6) is 0 Å². The van der Waals surface area contributed by atoms with E-state index in [1.54, 1.807) is 17.4 Å². The third-order valence-corrected chi connectivity index (χ3v) is 5.09. The van der Waals surface area contributed by atoms with Gasteiger partial charge in [-0.2, -0.15) is 0 Å². The zero-order valence-electron chi connectivity index (χ0n) is 11.5. The normalized spacial score (nSPS) is 11.8. The molecule has 0 aliphatic rings.